The molecule has 0 aliphatic carbocycles. The number of rotatable bonds is 6. The molecule has 0 fully saturated rings. The van der Waals surface area contributed by atoms with E-state index in [0.717, 1.165) is 12.1 Å². The predicted molar refractivity (Wildman–Crippen MR) is 78.8 cm³/mol. The van der Waals surface area contributed by atoms with Gasteiger partial charge in [0.05, 0.1) is 6.04 Å². The first-order chi connectivity index (χ1) is 9.99. The number of hydrogen-bond acceptors (Lipinski definition) is 3. The molecule has 0 aliphatic heterocycles. The number of thiophene rings is 1. The Morgan fingerprint density at radius 3 is 2.38 bits per heavy atom. The molecule has 1 unspecified atom stereocenters. The largest absolute Gasteiger partial charge is 0.311 e. The minimum absolute atomic E-state index is 0.181. The number of likely N-dealkylation sites (N-methyl/N-ethyl adjacent to an activating group) is 1. The monoisotopic (exact) mass is 314 g/mol. The van der Waals surface area contributed by atoms with E-state index < -0.39 is 17.5 Å². The molecule has 0 saturated carbocycles. The molecule has 1 aromatic carbocycles. The smallest absolute Gasteiger partial charge is 0.194 e. The van der Waals surface area contributed by atoms with Crippen molar-refractivity contribution in [2.45, 2.75) is 12.6 Å². The van der Waals surface area contributed by atoms with Crippen LogP contribution < -0.4 is 5.32 Å². The lowest BCUT2D eigenvalue weighted by molar-refractivity contribution is 0.292. The lowest BCUT2D eigenvalue weighted by atomic mass is 10.2. The molecule has 1 aromatic heterocycles. The zero-order valence-corrected chi connectivity index (χ0v) is 12.7. The van der Waals surface area contributed by atoms with Crippen LogP contribution in [0.4, 0.5) is 13.2 Å². The number of benzene rings is 1. The first kappa shape index (κ1) is 16.0. The highest BCUT2D eigenvalue weighted by Gasteiger charge is 2.15. The second-order valence-electron chi connectivity index (χ2n) is 5.00. The van der Waals surface area contributed by atoms with Gasteiger partial charge < -0.3 is 10.2 Å². The van der Waals surface area contributed by atoms with Gasteiger partial charge in [-0.1, -0.05) is 6.07 Å². The van der Waals surface area contributed by atoms with E-state index in [1.807, 2.05) is 31.6 Å². The van der Waals surface area contributed by atoms with Crippen LogP contribution in [-0.2, 0) is 6.54 Å². The van der Waals surface area contributed by atoms with Crippen LogP contribution in [0.3, 0.4) is 0 Å². The predicted octanol–water partition coefficient (Wildman–Crippen LogP) is 3.56. The average Bonchev–Trinajstić information content (AvgIpc) is 2.94. The third-order valence-corrected chi connectivity index (χ3v) is 4.18. The van der Waals surface area contributed by atoms with E-state index in [1.165, 1.54) is 4.88 Å². The van der Waals surface area contributed by atoms with Crippen molar-refractivity contribution < 1.29 is 13.2 Å². The molecule has 0 bridgehead atoms. The summed E-state index contributed by atoms with van der Waals surface area (Å²) in [5.74, 6) is -3.74. The van der Waals surface area contributed by atoms with Gasteiger partial charge in [0.1, 0.15) is 0 Å². The van der Waals surface area contributed by atoms with Gasteiger partial charge in [0.15, 0.2) is 17.5 Å². The van der Waals surface area contributed by atoms with E-state index in [4.69, 9.17) is 0 Å². The van der Waals surface area contributed by atoms with Crippen LogP contribution in [-0.4, -0.2) is 25.5 Å². The summed E-state index contributed by atoms with van der Waals surface area (Å²) < 4.78 is 39.1. The molecule has 0 saturated heterocycles. The highest BCUT2D eigenvalue weighted by Crippen LogP contribution is 2.22. The van der Waals surface area contributed by atoms with Gasteiger partial charge in [0.2, 0.25) is 0 Å². The van der Waals surface area contributed by atoms with Crippen LogP contribution in [0.1, 0.15) is 16.5 Å². The maximum Gasteiger partial charge on any atom is 0.194 e. The average molecular weight is 314 g/mol. The SMILES string of the molecule is CN(C)C(CNCc1cc(F)c(F)c(F)c1)c1cccs1. The first-order valence-electron chi connectivity index (χ1n) is 6.53. The lowest BCUT2D eigenvalue weighted by Gasteiger charge is -2.23. The number of halogens is 3. The van der Waals surface area contributed by atoms with Crippen molar-refractivity contribution in [2.24, 2.45) is 0 Å². The van der Waals surface area contributed by atoms with Crippen molar-refractivity contribution in [1.82, 2.24) is 10.2 Å². The maximum absolute atomic E-state index is 13.1. The van der Waals surface area contributed by atoms with Crippen molar-refractivity contribution in [3.8, 4) is 0 Å². The van der Waals surface area contributed by atoms with E-state index in [9.17, 15) is 13.2 Å². The van der Waals surface area contributed by atoms with Crippen molar-refractivity contribution in [1.29, 1.82) is 0 Å². The maximum atomic E-state index is 13.1. The van der Waals surface area contributed by atoms with Crippen molar-refractivity contribution >= 4 is 11.3 Å². The lowest BCUT2D eigenvalue weighted by Crippen LogP contribution is -2.30. The minimum atomic E-state index is -1.43. The number of nitrogens with one attached hydrogen (secondary N) is 1. The van der Waals surface area contributed by atoms with E-state index >= 15 is 0 Å². The molecule has 1 N–H and O–H groups in total. The zero-order chi connectivity index (χ0) is 15.4. The van der Waals surface area contributed by atoms with Crippen molar-refractivity contribution in [3.63, 3.8) is 0 Å². The van der Waals surface area contributed by atoms with Crippen LogP contribution in [0.25, 0.3) is 0 Å². The second kappa shape index (κ2) is 7.06. The fourth-order valence-electron chi connectivity index (χ4n) is 2.08. The van der Waals surface area contributed by atoms with Crippen LogP contribution in [0.2, 0.25) is 0 Å². The minimum Gasteiger partial charge on any atom is -0.311 e. The van der Waals surface area contributed by atoms with Crippen molar-refractivity contribution in [2.75, 3.05) is 20.6 Å². The Hall–Kier alpha value is -1.37. The Kier molecular flexibility index (Phi) is 5.39. The molecule has 114 valence electrons. The third kappa shape index (κ3) is 4.06. The van der Waals surface area contributed by atoms with Gasteiger partial charge >= 0.3 is 0 Å². The molecule has 1 atom stereocenters. The van der Waals surface area contributed by atoms with E-state index in [0.29, 0.717) is 12.1 Å². The van der Waals surface area contributed by atoms with Gasteiger partial charge in [-0.25, -0.2) is 13.2 Å². The molecule has 0 radical (unpaired) electrons. The van der Waals surface area contributed by atoms with Gasteiger partial charge in [-0.15, -0.1) is 11.3 Å². The molecular formula is C15H17F3N2S. The summed E-state index contributed by atoms with van der Waals surface area (Å²) in [6.45, 7) is 0.915. The molecule has 21 heavy (non-hydrogen) atoms. The van der Waals surface area contributed by atoms with Gasteiger partial charge in [-0.2, -0.15) is 0 Å². The van der Waals surface area contributed by atoms with Crippen LogP contribution in [0, 0.1) is 17.5 Å². The summed E-state index contributed by atoms with van der Waals surface area (Å²) in [5, 5.41) is 5.16. The molecule has 2 rings (SSSR count). The van der Waals surface area contributed by atoms with Crippen molar-refractivity contribution in [3.05, 3.63) is 57.5 Å². The van der Waals surface area contributed by atoms with Gasteiger partial charge in [0.25, 0.3) is 0 Å². The Bertz CT molecular complexity index is 562. The molecule has 0 amide bonds. The summed E-state index contributed by atoms with van der Waals surface area (Å²) in [6, 6.07) is 6.25. The van der Waals surface area contributed by atoms with Gasteiger partial charge in [0, 0.05) is 18.0 Å². The summed E-state index contributed by atoms with van der Waals surface area (Å²) in [6.07, 6.45) is 0. The highest BCUT2D eigenvalue weighted by atomic mass is 32.1. The summed E-state index contributed by atoms with van der Waals surface area (Å²) in [7, 11) is 3.95. The fourth-order valence-corrected chi connectivity index (χ4v) is 3.00. The highest BCUT2D eigenvalue weighted by molar-refractivity contribution is 7.10. The van der Waals surface area contributed by atoms with Gasteiger partial charge in [-0.3, -0.25) is 0 Å². The Morgan fingerprint density at radius 1 is 1.19 bits per heavy atom. The molecule has 2 nitrogen and oxygen atoms in total. The Morgan fingerprint density at radius 2 is 1.86 bits per heavy atom. The van der Waals surface area contributed by atoms with E-state index in [2.05, 4.69) is 10.2 Å². The molecule has 6 heteroatoms. The third-order valence-electron chi connectivity index (χ3n) is 3.21. The number of nitrogens with zero attached hydrogens (tertiary/aromatic N) is 1. The molecule has 0 spiro atoms. The van der Waals surface area contributed by atoms with E-state index in [1.54, 1.807) is 11.3 Å². The second-order valence-corrected chi connectivity index (χ2v) is 5.98. The normalized spacial score (nSPS) is 12.9. The summed E-state index contributed by atoms with van der Waals surface area (Å²) >= 11 is 1.66. The molecule has 2 aromatic rings. The van der Waals surface area contributed by atoms with Crippen LogP contribution in [0.15, 0.2) is 29.6 Å². The summed E-state index contributed by atoms with van der Waals surface area (Å²) in [4.78, 5) is 3.29. The molecular weight excluding hydrogens is 297 g/mol. The summed E-state index contributed by atoms with van der Waals surface area (Å²) in [5.41, 5.74) is 0.384. The first-order valence-corrected chi connectivity index (χ1v) is 7.41. The van der Waals surface area contributed by atoms with E-state index in [-0.39, 0.29) is 12.6 Å². The quantitative estimate of drug-likeness (QED) is 0.820. The number of hydrogen-bond donors (Lipinski definition) is 1. The molecule has 0 aliphatic rings. The Balaban J connectivity index is 1.97. The topological polar surface area (TPSA) is 15.3 Å². The van der Waals surface area contributed by atoms with Crippen LogP contribution >= 0.6 is 11.3 Å². The fraction of sp³-hybridized carbons (Fsp3) is 0.333. The van der Waals surface area contributed by atoms with Gasteiger partial charge in [-0.05, 0) is 43.2 Å². The van der Waals surface area contributed by atoms with Crippen LogP contribution in [0.5, 0.6) is 0 Å². The Labute approximate surface area is 126 Å². The zero-order valence-electron chi connectivity index (χ0n) is 11.9. The molecule has 1 heterocycles. The standard InChI is InChI=1S/C15H17F3N2S/c1-20(2)13(14-4-3-5-21-14)9-19-8-10-6-11(16)15(18)12(17)7-10/h3-7,13,19H,8-9H2,1-2H3.